The second-order valence-corrected chi connectivity index (χ2v) is 7.19. The first-order valence-corrected chi connectivity index (χ1v) is 9.97. The highest BCUT2D eigenvalue weighted by Gasteiger charge is 2.21. The minimum atomic E-state index is -0.276. The summed E-state index contributed by atoms with van der Waals surface area (Å²) in [4.78, 5) is 14.5. The monoisotopic (exact) mass is 406 g/mol. The molecule has 0 radical (unpaired) electrons. The van der Waals surface area contributed by atoms with E-state index in [4.69, 9.17) is 4.74 Å². The molecule has 0 saturated carbocycles. The molecule has 4 nitrogen and oxygen atoms in total. The van der Waals surface area contributed by atoms with E-state index in [1.54, 1.807) is 19.2 Å². The summed E-state index contributed by atoms with van der Waals surface area (Å²) in [6.07, 6.45) is 0.694. The number of hydrogen-bond donors (Lipinski definition) is 1. The summed E-state index contributed by atoms with van der Waals surface area (Å²) in [6, 6.07) is 24.0. The smallest absolute Gasteiger partial charge is 0.234 e. The summed E-state index contributed by atoms with van der Waals surface area (Å²) in [7, 11) is 3.55. The molecule has 5 heteroatoms. The van der Waals surface area contributed by atoms with E-state index >= 15 is 0 Å². The number of amides is 1. The lowest BCUT2D eigenvalue weighted by Gasteiger charge is -2.28. The Hall–Kier alpha value is -3.18. The number of para-hydroxylation sites is 1. The zero-order chi connectivity index (χ0) is 21.3. The average Bonchev–Trinajstić information content (AvgIpc) is 2.76. The number of hydrogen-bond acceptors (Lipinski definition) is 3. The molecule has 1 unspecified atom stereocenters. The second-order valence-electron chi connectivity index (χ2n) is 7.19. The van der Waals surface area contributed by atoms with Crippen LogP contribution in [0.25, 0.3) is 0 Å². The Labute approximate surface area is 177 Å². The number of carbonyl (C=O) groups excluding carboxylic acids is 1. The molecule has 3 aromatic rings. The lowest BCUT2D eigenvalue weighted by atomic mass is 9.97. The van der Waals surface area contributed by atoms with E-state index < -0.39 is 0 Å². The van der Waals surface area contributed by atoms with E-state index in [0.717, 1.165) is 22.4 Å². The number of likely N-dealkylation sites (N-methyl/N-ethyl adjacent to an activating group) is 1. The Bertz CT molecular complexity index is 945. The number of nitrogens with one attached hydrogen (secondary N) is 1. The van der Waals surface area contributed by atoms with Gasteiger partial charge in [-0.3, -0.25) is 9.69 Å². The van der Waals surface area contributed by atoms with E-state index in [0.29, 0.717) is 13.0 Å². The third-order valence-electron chi connectivity index (χ3n) is 5.04. The Kier molecular flexibility index (Phi) is 7.57. The number of benzene rings is 3. The van der Waals surface area contributed by atoms with Crippen molar-refractivity contribution in [3.05, 3.63) is 101 Å². The van der Waals surface area contributed by atoms with Crippen molar-refractivity contribution in [2.45, 2.75) is 12.5 Å². The van der Waals surface area contributed by atoms with Crippen LogP contribution in [0.1, 0.15) is 22.7 Å². The molecule has 0 spiro atoms. The van der Waals surface area contributed by atoms with Crippen LogP contribution < -0.4 is 10.1 Å². The van der Waals surface area contributed by atoms with Gasteiger partial charge < -0.3 is 10.1 Å². The summed E-state index contributed by atoms with van der Waals surface area (Å²) in [5.41, 5.74) is 3.04. The molecule has 1 N–H and O–H groups in total. The Morgan fingerprint density at radius 3 is 2.30 bits per heavy atom. The number of methoxy groups -OCH3 is 1. The zero-order valence-electron chi connectivity index (χ0n) is 17.3. The lowest BCUT2D eigenvalue weighted by molar-refractivity contribution is -0.122. The summed E-state index contributed by atoms with van der Waals surface area (Å²) < 4.78 is 18.8. The predicted molar refractivity (Wildman–Crippen MR) is 117 cm³/mol. The molecule has 30 heavy (non-hydrogen) atoms. The Morgan fingerprint density at radius 1 is 0.967 bits per heavy atom. The van der Waals surface area contributed by atoms with Crippen molar-refractivity contribution >= 4 is 5.91 Å². The molecule has 156 valence electrons. The second kappa shape index (κ2) is 10.6. The maximum atomic E-state index is 13.4. The predicted octanol–water partition coefficient (Wildman–Crippen LogP) is 4.21. The highest BCUT2D eigenvalue weighted by atomic mass is 19.1. The van der Waals surface area contributed by atoms with E-state index in [9.17, 15) is 9.18 Å². The fourth-order valence-electron chi connectivity index (χ4n) is 3.60. The van der Waals surface area contributed by atoms with Crippen LogP contribution in [0, 0.1) is 5.82 Å². The van der Waals surface area contributed by atoms with Crippen molar-refractivity contribution in [3.63, 3.8) is 0 Å². The topological polar surface area (TPSA) is 41.6 Å². The van der Waals surface area contributed by atoms with Gasteiger partial charge in [0.15, 0.2) is 0 Å². The van der Waals surface area contributed by atoms with Crippen LogP contribution in [0.5, 0.6) is 5.75 Å². The minimum absolute atomic E-state index is 0.0598. The molecule has 0 heterocycles. The quantitative estimate of drug-likeness (QED) is 0.579. The molecule has 0 aliphatic rings. The molecule has 1 atom stereocenters. The van der Waals surface area contributed by atoms with E-state index in [1.807, 2.05) is 66.5 Å². The highest BCUT2D eigenvalue weighted by Crippen LogP contribution is 2.27. The lowest BCUT2D eigenvalue weighted by Crippen LogP contribution is -2.38. The van der Waals surface area contributed by atoms with Crippen LogP contribution in [0.15, 0.2) is 78.9 Å². The van der Waals surface area contributed by atoms with Gasteiger partial charge in [0.2, 0.25) is 5.91 Å². The van der Waals surface area contributed by atoms with Gasteiger partial charge in [0.25, 0.3) is 0 Å². The normalized spacial score (nSPS) is 11.9. The van der Waals surface area contributed by atoms with Gasteiger partial charge in [0, 0.05) is 6.54 Å². The van der Waals surface area contributed by atoms with Crippen LogP contribution in [0.2, 0.25) is 0 Å². The number of nitrogens with zero attached hydrogens (tertiary/aromatic N) is 1. The SMILES string of the molecule is COc1ccccc1CCNC(=O)CN(C)C(c1ccccc1)c1ccc(F)cc1. The Balaban J connectivity index is 1.64. The first-order valence-electron chi connectivity index (χ1n) is 9.97. The van der Waals surface area contributed by atoms with Gasteiger partial charge in [-0.15, -0.1) is 0 Å². The number of ether oxygens (including phenoxy) is 1. The van der Waals surface area contributed by atoms with Gasteiger partial charge in [-0.1, -0.05) is 60.7 Å². The van der Waals surface area contributed by atoms with Crippen molar-refractivity contribution < 1.29 is 13.9 Å². The van der Waals surface area contributed by atoms with Crippen molar-refractivity contribution in [1.29, 1.82) is 0 Å². The molecule has 0 aliphatic carbocycles. The molecule has 0 saturated heterocycles. The first kappa shape index (κ1) is 21.5. The number of carbonyl (C=O) groups is 1. The fourth-order valence-corrected chi connectivity index (χ4v) is 3.60. The van der Waals surface area contributed by atoms with Gasteiger partial charge in [0.1, 0.15) is 11.6 Å². The van der Waals surface area contributed by atoms with E-state index in [-0.39, 0.29) is 24.3 Å². The standard InChI is InChI=1S/C25H27FN2O2/c1-28(18-24(29)27-17-16-19-8-6-7-11-23(19)30-2)25(20-9-4-3-5-10-20)21-12-14-22(26)15-13-21/h3-15,25H,16-18H2,1-2H3,(H,27,29). The molecule has 3 aromatic carbocycles. The summed E-state index contributed by atoms with van der Waals surface area (Å²) in [5, 5.41) is 2.98. The third kappa shape index (κ3) is 5.67. The summed E-state index contributed by atoms with van der Waals surface area (Å²) >= 11 is 0. The van der Waals surface area contributed by atoms with Crippen molar-refractivity contribution in [2.24, 2.45) is 0 Å². The maximum absolute atomic E-state index is 13.4. The molecule has 0 aromatic heterocycles. The van der Waals surface area contributed by atoms with Gasteiger partial charge in [-0.2, -0.15) is 0 Å². The fraction of sp³-hybridized carbons (Fsp3) is 0.240. The van der Waals surface area contributed by atoms with Crippen molar-refractivity contribution in [3.8, 4) is 5.75 Å². The van der Waals surface area contributed by atoms with E-state index in [1.165, 1.54) is 12.1 Å². The average molecular weight is 407 g/mol. The zero-order valence-corrected chi connectivity index (χ0v) is 17.3. The van der Waals surface area contributed by atoms with Crippen LogP contribution >= 0.6 is 0 Å². The van der Waals surface area contributed by atoms with Crippen LogP contribution in [0.4, 0.5) is 4.39 Å². The van der Waals surface area contributed by atoms with Gasteiger partial charge in [-0.05, 0) is 48.4 Å². The minimum Gasteiger partial charge on any atom is -0.496 e. The third-order valence-corrected chi connectivity index (χ3v) is 5.04. The molecular formula is C25H27FN2O2. The molecule has 0 fully saturated rings. The molecular weight excluding hydrogens is 379 g/mol. The van der Waals surface area contributed by atoms with Crippen molar-refractivity contribution in [2.75, 3.05) is 27.2 Å². The largest absolute Gasteiger partial charge is 0.496 e. The Morgan fingerprint density at radius 2 is 1.60 bits per heavy atom. The van der Waals surface area contributed by atoms with Gasteiger partial charge >= 0.3 is 0 Å². The van der Waals surface area contributed by atoms with Crippen LogP contribution in [0.3, 0.4) is 0 Å². The van der Waals surface area contributed by atoms with Crippen LogP contribution in [-0.4, -0.2) is 38.1 Å². The van der Waals surface area contributed by atoms with E-state index in [2.05, 4.69) is 5.32 Å². The van der Waals surface area contributed by atoms with Gasteiger partial charge in [-0.25, -0.2) is 4.39 Å². The molecule has 0 aliphatic heterocycles. The summed E-state index contributed by atoms with van der Waals surface area (Å²) in [6.45, 7) is 0.752. The molecule has 3 rings (SSSR count). The molecule has 0 bridgehead atoms. The maximum Gasteiger partial charge on any atom is 0.234 e. The first-order chi connectivity index (χ1) is 14.6. The highest BCUT2D eigenvalue weighted by molar-refractivity contribution is 5.78. The number of rotatable bonds is 9. The summed E-state index contributed by atoms with van der Waals surface area (Å²) in [5.74, 6) is 0.488. The van der Waals surface area contributed by atoms with Crippen LogP contribution in [-0.2, 0) is 11.2 Å². The van der Waals surface area contributed by atoms with Gasteiger partial charge in [0.05, 0.1) is 19.7 Å². The number of halogens is 1. The van der Waals surface area contributed by atoms with Crippen molar-refractivity contribution in [1.82, 2.24) is 10.2 Å². The molecule has 1 amide bonds.